The van der Waals surface area contributed by atoms with Crippen molar-refractivity contribution in [1.82, 2.24) is 5.32 Å². The zero-order chi connectivity index (χ0) is 13.1. The van der Waals surface area contributed by atoms with Crippen molar-refractivity contribution >= 4 is 11.9 Å². The molecule has 0 saturated heterocycles. The molecule has 0 bridgehead atoms. The van der Waals surface area contributed by atoms with E-state index >= 15 is 0 Å². The van der Waals surface area contributed by atoms with E-state index < -0.39 is 12.0 Å². The van der Waals surface area contributed by atoms with E-state index in [4.69, 9.17) is 11.2 Å². The summed E-state index contributed by atoms with van der Waals surface area (Å²) in [6.07, 6.45) is 6.81. The van der Waals surface area contributed by atoms with Crippen molar-refractivity contribution in [3.63, 3.8) is 0 Å². The summed E-state index contributed by atoms with van der Waals surface area (Å²) in [6.45, 7) is 2.19. The van der Waals surface area contributed by atoms with E-state index in [9.17, 15) is 9.59 Å². The van der Waals surface area contributed by atoms with E-state index in [1.807, 2.05) is 0 Å². The lowest BCUT2D eigenvalue weighted by atomic mass is 10.1. The van der Waals surface area contributed by atoms with Gasteiger partial charge < -0.3 is 14.8 Å². The Labute approximate surface area is 102 Å². The number of hydrogen-bond donors (Lipinski definition) is 1. The Hall–Kier alpha value is -1.54. The van der Waals surface area contributed by atoms with Crippen LogP contribution in [-0.2, 0) is 19.1 Å². The summed E-state index contributed by atoms with van der Waals surface area (Å²) >= 11 is 0. The SMILES string of the molecule is C#CCCC[C@H](NC(=O)COCC)C(=O)OC. The summed E-state index contributed by atoms with van der Waals surface area (Å²) in [5.74, 6) is 1.68. The number of ether oxygens (including phenoxy) is 2. The lowest BCUT2D eigenvalue weighted by Gasteiger charge is -2.15. The van der Waals surface area contributed by atoms with Crippen LogP contribution in [-0.4, -0.2) is 38.2 Å². The lowest BCUT2D eigenvalue weighted by Crippen LogP contribution is -2.43. The van der Waals surface area contributed by atoms with Crippen LogP contribution in [0.3, 0.4) is 0 Å². The summed E-state index contributed by atoms with van der Waals surface area (Å²) in [7, 11) is 1.28. The number of carbonyl (C=O) groups excluding carboxylic acids is 2. The highest BCUT2D eigenvalue weighted by Gasteiger charge is 2.20. The summed E-state index contributed by atoms with van der Waals surface area (Å²) < 4.78 is 9.54. The first-order chi connectivity index (χ1) is 8.15. The minimum atomic E-state index is -0.652. The standard InChI is InChI=1S/C12H19NO4/c1-4-6-7-8-10(12(15)16-3)13-11(14)9-17-5-2/h1,10H,5-9H2,2-3H3,(H,13,14)/t10-/m0/s1. The van der Waals surface area contributed by atoms with Crippen LogP contribution in [0.5, 0.6) is 0 Å². The molecule has 0 aliphatic carbocycles. The zero-order valence-electron chi connectivity index (χ0n) is 10.3. The largest absolute Gasteiger partial charge is 0.467 e. The summed E-state index contributed by atoms with van der Waals surface area (Å²) in [4.78, 5) is 22.8. The molecule has 0 unspecified atom stereocenters. The minimum Gasteiger partial charge on any atom is -0.467 e. The molecule has 0 aromatic rings. The Bertz CT molecular complexity index is 283. The molecule has 1 amide bonds. The van der Waals surface area contributed by atoms with E-state index in [0.717, 1.165) is 0 Å². The third-order valence-electron chi connectivity index (χ3n) is 2.07. The van der Waals surface area contributed by atoms with Crippen LogP contribution in [0, 0.1) is 12.3 Å². The Morgan fingerprint density at radius 3 is 2.71 bits per heavy atom. The fourth-order valence-electron chi connectivity index (χ4n) is 1.23. The van der Waals surface area contributed by atoms with Crippen molar-refractivity contribution < 1.29 is 19.1 Å². The quantitative estimate of drug-likeness (QED) is 0.381. The number of esters is 1. The van der Waals surface area contributed by atoms with Crippen LogP contribution in [0.1, 0.15) is 26.2 Å². The number of rotatable bonds is 8. The van der Waals surface area contributed by atoms with Gasteiger partial charge in [0.05, 0.1) is 7.11 Å². The van der Waals surface area contributed by atoms with Gasteiger partial charge in [0.1, 0.15) is 12.6 Å². The highest BCUT2D eigenvalue weighted by molar-refractivity contribution is 5.84. The molecule has 0 radical (unpaired) electrons. The molecule has 0 aromatic heterocycles. The number of terminal acetylenes is 1. The first-order valence-corrected chi connectivity index (χ1v) is 5.54. The molecule has 1 atom stereocenters. The van der Waals surface area contributed by atoms with Crippen LogP contribution in [0.2, 0.25) is 0 Å². The van der Waals surface area contributed by atoms with Crippen LogP contribution >= 0.6 is 0 Å². The predicted octanol–water partition coefficient (Wildman–Crippen LogP) is 0.484. The van der Waals surface area contributed by atoms with E-state index in [-0.39, 0.29) is 12.5 Å². The maximum atomic E-state index is 11.4. The first-order valence-electron chi connectivity index (χ1n) is 5.54. The Kier molecular flexibility index (Phi) is 8.79. The average Bonchev–Trinajstić information content (AvgIpc) is 2.34. The molecule has 0 aliphatic heterocycles. The molecule has 0 aromatic carbocycles. The van der Waals surface area contributed by atoms with Gasteiger partial charge in [-0.05, 0) is 19.8 Å². The van der Waals surface area contributed by atoms with E-state index in [0.29, 0.717) is 25.9 Å². The normalized spacial score (nSPS) is 11.4. The van der Waals surface area contributed by atoms with E-state index in [1.165, 1.54) is 7.11 Å². The Balaban J connectivity index is 4.14. The topological polar surface area (TPSA) is 64.6 Å². The van der Waals surface area contributed by atoms with Gasteiger partial charge >= 0.3 is 5.97 Å². The van der Waals surface area contributed by atoms with Gasteiger partial charge in [0.25, 0.3) is 0 Å². The average molecular weight is 241 g/mol. The zero-order valence-corrected chi connectivity index (χ0v) is 10.3. The maximum Gasteiger partial charge on any atom is 0.328 e. The highest BCUT2D eigenvalue weighted by Crippen LogP contribution is 2.02. The highest BCUT2D eigenvalue weighted by atomic mass is 16.5. The lowest BCUT2D eigenvalue weighted by molar-refractivity contribution is -0.145. The summed E-state index contributed by atoms with van der Waals surface area (Å²) in [6, 6.07) is -0.652. The van der Waals surface area contributed by atoms with Crippen molar-refractivity contribution in [2.45, 2.75) is 32.2 Å². The molecular weight excluding hydrogens is 222 g/mol. The minimum absolute atomic E-state index is 0.0564. The van der Waals surface area contributed by atoms with Gasteiger partial charge in [-0.3, -0.25) is 4.79 Å². The molecule has 0 fully saturated rings. The van der Waals surface area contributed by atoms with Crippen LogP contribution in [0.25, 0.3) is 0 Å². The summed E-state index contributed by atoms with van der Waals surface area (Å²) in [5.41, 5.74) is 0. The van der Waals surface area contributed by atoms with Crippen molar-refractivity contribution in [2.24, 2.45) is 0 Å². The molecule has 0 aliphatic rings. The second-order valence-corrected chi connectivity index (χ2v) is 3.38. The first kappa shape index (κ1) is 15.5. The molecule has 96 valence electrons. The summed E-state index contributed by atoms with van der Waals surface area (Å²) in [5, 5.41) is 2.55. The smallest absolute Gasteiger partial charge is 0.328 e. The van der Waals surface area contributed by atoms with Gasteiger partial charge in [0.2, 0.25) is 5.91 Å². The van der Waals surface area contributed by atoms with Gasteiger partial charge in [0.15, 0.2) is 0 Å². The number of carbonyl (C=O) groups is 2. The molecule has 0 heterocycles. The predicted molar refractivity (Wildman–Crippen MR) is 63.1 cm³/mol. The molecular formula is C12H19NO4. The molecule has 17 heavy (non-hydrogen) atoms. The van der Waals surface area contributed by atoms with Gasteiger partial charge in [-0.25, -0.2) is 4.79 Å². The van der Waals surface area contributed by atoms with Crippen molar-refractivity contribution in [3.8, 4) is 12.3 Å². The van der Waals surface area contributed by atoms with Gasteiger partial charge in [-0.1, -0.05) is 0 Å². The van der Waals surface area contributed by atoms with Gasteiger partial charge in [-0.15, -0.1) is 12.3 Å². The van der Waals surface area contributed by atoms with Gasteiger partial charge in [0, 0.05) is 13.0 Å². The molecule has 0 rings (SSSR count). The second-order valence-electron chi connectivity index (χ2n) is 3.38. The van der Waals surface area contributed by atoms with Crippen molar-refractivity contribution in [1.29, 1.82) is 0 Å². The fourth-order valence-corrected chi connectivity index (χ4v) is 1.23. The molecule has 5 heteroatoms. The Morgan fingerprint density at radius 1 is 1.47 bits per heavy atom. The monoisotopic (exact) mass is 241 g/mol. The van der Waals surface area contributed by atoms with E-state index in [2.05, 4.69) is 16.0 Å². The fraction of sp³-hybridized carbons (Fsp3) is 0.667. The molecule has 1 N–H and O–H groups in total. The number of amides is 1. The number of unbranched alkanes of at least 4 members (excludes halogenated alkanes) is 1. The third kappa shape index (κ3) is 7.36. The van der Waals surface area contributed by atoms with E-state index in [1.54, 1.807) is 6.92 Å². The number of nitrogens with one attached hydrogen (secondary N) is 1. The molecule has 0 saturated carbocycles. The van der Waals surface area contributed by atoms with Gasteiger partial charge in [-0.2, -0.15) is 0 Å². The van der Waals surface area contributed by atoms with Crippen LogP contribution in [0.4, 0.5) is 0 Å². The molecule has 5 nitrogen and oxygen atoms in total. The third-order valence-corrected chi connectivity index (χ3v) is 2.07. The number of methoxy groups -OCH3 is 1. The second kappa shape index (κ2) is 9.67. The maximum absolute atomic E-state index is 11.4. The molecule has 0 spiro atoms. The Morgan fingerprint density at radius 2 is 2.18 bits per heavy atom. The van der Waals surface area contributed by atoms with Crippen molar-refractivity contribution in [2.75, 3.05) is 20.3 Å². The van der Waals surface area contributed by atoms with Crippen molar-refractivity contribution in [3.05, 3.63) is 0 Å². The van der Waals surface area contributed by atoms with Crippen LogP contribution < -0.4 is 5.32 Å². The van der Waals surface area contributed by atoms with Crippen LogP contribution in [0.15, 0.2) is 0 Å². The number of hydrogen-bond acceptors (Lipinski definition) is 4.